The first-order valence-electron chi connectivity index (χ1n) is 14.2. The molecule has 1 atom stereocenters. The lowest BCUT2D eigenvalue weighted by Gasteiger charge is -2.35. The molecule has 1 unspecified atom stereocenters. The van der Waals surface area contributed by atoms with Gasteiger partial charge in [-0.2, -0.15) is 5.10 Å². The van der Waals surface area contributed by atoms with Crippen LogP contribution in [-0.2, 0) is 20.8 Å². The topological polar surface area (TPSA) is 106 Å². The van der Waals surface area contributed by atoms with E-state index in [1.165, 1.54) is 0 Å². The van der Waals surface area contributed by atoms with Crippen LogP contribution in [0.2, 0.25) is 0 Å². The van der Waals surface area contributed by atoms with Crippen molar-refractivity contribution >= 4 is 28.6 Å². The molecule has 0 radical (unpaired) electrons. The average Bonchev–Trinajstić information content (AvgIpc) is 3.69. The minimum atomic E-state index is -0.351. The number of piperazine rings is 1. The summed E-state index contributed by atoms with van der Waals surface area (Å²) in [5, 5.41) is 5.48. The number of ether oxygens (including phenoxy) is 3. The van der Waals surface area contributed by atoms with Crippen LogP contribution >= 0.6 is 0 Å². The number of benzene rings is 2. The molecule has 2 aromatic carbocycles. The zero-order chi connectivity index (χ0) is 28.3. The Bertz CT molecular complexity index is 1420. The molecule has 3 saturated heterocycles. The molecule has 11 nitrogen and oxygen atoms in total. The van der Waals surface area contributed by atoms with Crippen LogP contribution in [-0.4, -0.2) is 115 Å². The van der Waals surface area contributed by atoms with Crippen LogP contribution in [0.4, 0.5) is 0 Å². The summed E-state index contributed by atoms with van der Waals surface area (Å²) in [5.41, 5.74) is 2.77. The Hall–Kier alpha value is -3.96. The largest absolute Gasteiger partial charge is 0.497 e. The van der Waals surface area contributed by atoms with E-state index in [0.717, 1.165) is 23.9 Å². The molecule has 0 aliphatic carbocycles. The Morgan fingerprint density at radius 2 is 1.59 bits per heavy atom. The standard InChI is InChI=1S/C30H35N5O6/c1-39-23-8-9-25-24(19-23)27(30(38)33-12-10-32(11-13-33)29(37)26-3-2-16-41-26)31-35(25)20-21-4-6-22(7-5-21)28(36)34-14-17-40-18-15-34/h4-9,19,26H,2-3,10-18,20H2,1H3. The van der Waals surface area contributed by atoms with Gasteiger partial charge in [-0.1, -0.05) is 12.1 Å². The van der Waals surface area contributed by atoms with Gasteiger partial charge in [0, 0.05) is 56.8 Å². The lowest BCUT2D eigenvalue weighted by atomic mass is 10.1. The highest BCUT2D eigenvalue weighted by molar-refractivity contribution is 6.05. The third-order valence-electron chi connectivity index (χ3n) is 8.08. The molecule has 3 aromatic rings. The summed E-state index contributed by atoms with van der Waals surface area (Å²) < 4.78 is 18.2. The van der Waals surface area contributed by atoms with Crippen LogP contribution in [0.3, 0.4) is 0 Å². The Balaban J connectivity index is 1.19. The Kier molecular flexibility index (Phi) is 7.89. The molecule has 6 rings (SSSR count). The molecule has 3 aliphatic heterocycles. The van der Waals surface area contributed by atoms with Gasteiger partial charge in [-0.25, -0.2) is 0 Å². The normalized spacial score (nSPS) is 19.5. The van der Waals surface area contributed by atoms with Gasteiger partial charge in [0.2, 0.25) is 0 Å². The zero-order valence-corrected chi connectivity index (χ0v) is 23.3. The number of carbonyl (C=O) groups excluding carboxylic acids is 3. The second-order valence-corrected chi connectivity index (χ2v) is 10.6. The monoisotopic (exact) mass is 561 g/mol. The van der Waals surface area contributed by atoms with Crippen molar-refractivity contribution < 1.29 is 28.6 Å². The summed E-state index contributed by atoms with van der Waals surface area (Å²) in [6, 6.07) is 13.1. The SMILES string of the molecule is COc1ccc2c(c1)c(C(=O)N1CCN(C(=O)C3CCCO3)CC1)nn2Cc1ccc(C(=O)N2CCOCC2)cc1. The molecular formula is C30H35N5O6. The van der Waals surface area contributed by atoms with Gasteiger partial charge < -0.3 is 28.9 Å². The van der Waals surface area contributed by atoms with E-state index < -0.39 is 0 Å². The molecule has 0 N–H and O–H groups in total. The maximum Gasteiger partial charge on any atom is 0.275 e. The van der Waals surface area contributed by atoms with Crippen molar-refractivity contribution in [3.8, 4) is 5.75 Å². The minimum Gasteiger partial charge on any atom is -0.497 e. The quantitative estimate of drug-likeness (QED) is 0.453. The molecule has 4 heterocycles. The van der Waals surface area contributed by atoms with Gasteiger partial charge in [0.15, 0.2) is 5.69 Å². The van der Waals surface area contributed by atoms with Gasteiger partial charge >= 0.3 is 0 Å². The molecule has 216 valence electrons. The van der Waals surface area contributed by atoms with Crippen LogP contribution in [0.25, 0.3) is 10.9 Å². The van der Waals surface area contributed by atoms with Gasteiger partial charge in [-0.05, 0) is 48.7 Å². The number of nitrogens with zero attached hydrogens (tertiary/aromatic N) is 5. The third-order valence-corrected chi connectivity index (χ3v) is 8.08. The first-order valence-corrected chi connectivity index (χ1v) is 14.2. The highest BCUT2D eigenvalue weighted by Gasteiger charge is 2.32. The number of carbonyl (C=O) groups is 3. The predicted molar refractivity (Wildman–Crippen MR) is 150 cm³/mol. The minimum absolute atomic E-state index is 0.00179. The van der Waals surface area contributed by atoms with Crippen molar-refractivity contribution in [3.63, 3.8) is 0 Å². The number of amides is 3. The molecule has 3 amide bonds. The first kappa shape index (κ1) is 27.2. The lowest BCUT2D eigenvalue weighted by Crippen LogP contribution is -2.52. The summed E-state index contributed by atoms with van der Waals surface area (Å²) in [7, 11) is 1.59. The smallest absolute Gasteiger partial charge is 0.275 e. The van der Waals surface area contributed by atoms with E-state index in [4.69, 9.17) is 19.3 Å². The maximum absolute atomic E-state index is 13.7. The van der Waals surface area contributed by atoms with Crippen LogP contribution in [0, 0.1) is 0 Å². The third kappa shape index (κ3) is 5.64. The summed E-state index contributed by atoms with van der Waals surface area (Å²) in [6.45, 7) is 5.21. The zero-order valence-electron chi connectivity index (χ0n) is 23.3. The van der Waals surface area contributed by atoms with E-state index in [0.29, 0.717) is 88.0 Å². The van der Waals surface area contributed by atoms with Crippen LogP contribution < -0.4 is 4.74 Å². The maximum atomic E-state index is 13.7. The average molecular weight is 562 g/mol. The van der Waals surface area contributed by atoms with Crippen molar-refractivity contribution in [2.45, 2.75) is 25.5 Å². The Morgan fingerprint density at radius 3 is 2.27 bits per heavy atom. The van der Waals surface area contributed by atoms with Gasteiger partial charge in [0.25, 0.3) is 17.7 Å². The van der Waals surface area contributed by atoms with Crippen LogP contribution in [0.5, 0.6) is 5.75 Å². The second kappa shape index (κ2) is 11.9. The molecule has 3 fully saturated rings. The summed E-state index contributed by atoms with van der Waals surface area (Å²) in [5.74, 6) is 0.496. The fraction of sp³-hybridized carbons (Fsp3) is 0.467. The predicted octanol–water partition coefficient (Wildman–Crippen LogP) is 2.03. The summed E-state index contributed by atoms with van der Waals surface area (Å²) in [6.07, 6.45) is 1.32. The van der Waals surface area contributed by atoms with Crippen molar-refractivity contribution in [2.24, 2.45) is 0 Å². The molecule has 0 spiro atoms. The Morgan fingerprint density at radius 1 is 0.878 bits per heavy atom. The van der Waals surface area contributed by atoms with Gasteiger partial charge in [0.05, 0.1) is 32.4 Å². The van der Waals surface area contributed by atoms with Crippen LogP contribution in [0.15, 0.2) is 42.5 Å². The Labute approximate surface area is 238 Å². The van der Waals surface area contributed by atoms with Crippen molar-refractivity contribution in [3.05, 3.63) is 59.3 Å². The molecule has 0 bridgehead atoms. The number of fused-ring (bicyclic) bond motifs is 1. The number of hydrogen-bond acceptors (Lipinski definition) is 7. The van der Waals surface area contributed by atoms with E-state index >= 15 is 0 Å². The van der Waals surface area contributed by atoms with Crippen molar-refractivity contribution in [1.82, 2.24) is 24.5 Å². The fourth-order valence-corrected chi connectivity index (χ4v) is 5.69. The number of morpholine rings is 1. The summed E-state index contributed by atoms with van der Waals surface area (Å²) in [4.78, 5) is 44.7. The number of aromatic nitrogens is 2. The number of rotatable bonds is 6. The molecule has 41 heavy (non-hydrogen) atoms. The highest BCUT2D eigenvalue weighted by atomic mass is 16.5. The molecule has 11 heteroatoms. The summed E-state index contributed by atoms with van der Waals surface area (Å²) >= 11 is 0. The van der Waals surface area contributed by atoms with Crippen molar-refractivity contribution in [2.75, 3.05) is 66.2 Å². The van der Waals surface area contributed by atoms with Gasteiger partial charge in [-0.3, -0.25) is 19.1 Å². The molecular weight excluding hydrogens is 526 g/mol. The van der Waals surface area contributed by atoms with E-state index in [1.54, 1.807) is 16.9 Å². The highest BCUT2D eigenvalue weighted by Crippen LogP contribution is 2.27. The van der Waals surface area contributed by atoms with E-state index in [9.17, 15) is 14.4 Å². The fourth-order valence-electron chi connectivity index (χ4n) is 5.69. The lowest BCUT2D eigenvalue weighted by molar-refractivity contribution is -0.142. The molecule has 3 aliphatic rings. The molecule has 0 saturated carbocycles. The van der Waals surface area contributed by atoms with E-state index in [1.807, 2.05) is 52.0 Å². The van der Waals surface area contributed by atoms with Crippen LogP contribution in [0.1, 0.15) is 39.3 Å². The van der Waals surface area contributed by atoms with Crippen molar-refractivity contribution in [1.29, 1.82) is 0 Å². The van der Waals surface area contributed by atoms with E-state index in [2.05, 4.69) is 0 Å². The van der Waals surface area contributed by atoms with Gasteiger partial charge in [0.1, 0.15) is 11.9 Å². The number of hydrogen-bond donors (Lipinski definition) is 0. The number of methoxy groups -OCH3 is 1. The second-order valence-electron chi connectivity index (χ2n) is 10.6. The van der Waals surface area contributed by atoms with Gasteiger partial charge in [-0.15, -0.1) is 0 Å². The molecule has 1 aromatic heterocycles. The first-order chi connectivity index (χ1) is 20.0. The van der Waals surface area contributed by atoms with E-state index in [-0.39, 0.29) is 23.8 Å².